The molecule has 0 aromatic carbocycles. The van der Waals surface area contributed by atoms with Gasteiger partial charge in [0.05, 0.1) is 5.92 Å². The highest BCUT2D eigenvalue weighted by Crippen LogP contribution is 2.56. The third-order valence-corrected chi connectivity index (χ3v) is 5.75. The standard InChI is InChI=1S/C16H25NO3/c18-14(11-5-4-6-12(9-11)15(19)20)17-13-10-16(13)7-2-1-3-8-16/h11-13H,1-10H2,(H,17,18)(H,19,20). The Morgan fingerprint density at radius 1 is 1.00 bits per heavy atom. The molecule has 3 saturated carbocycles. The molecule has 20 heavy (non-hydrogen) atoms. The second-order valence-electron chi connectivity index (χ2n) is 7.09. The highest BCUT2D eigenvalue weighted by Gasteiger charge is 2.54. The fourth-order valence-corrected chi connectivity index (χ4v) is 4.30. The number of nitrogens with one attached hydrogen (secondary N) is 1. The van der Waals surface area contributed by atoms with Crippen LogP contribution in [0.1, 0.15) is 64.2 Å². The minimum Gasteiger partial charge on any atom is -0.481 e. The van der Waals surface area contributed by atoms with Crippen LogP contribution < -0.4 is 5.32 Å². The molecule has 4 heteroatoms. The van der Waals surface area contributed by atoms with Gasteiger partial charge in [-0.1, -0.05) is 25.7 Å². The lowest BCUT2D eigenvalue weighted by Gasteiger charge is -2.27. The number of carbonyl (C=O) groups is 2. The first kappa shape index (κ1) is 13.9. The Morgan fingerprint density at radius 2 is 1.70 bits per heavy atom. The van der Waals surface area contributed by atoms with E-state index in [-0.39, 0.29) is 17.7 Å². The van der Waals surface area contributed by atoms with Gasteiger partial charge in [0.25, 0.3) is 0 Å². The quantitative estimate of drug-likeness (QED) is 0.834. The van der Waals surface area contributed by atoms with Crippen molar-refractivity contribution in [1.29, 1.82) is 0 Å². The molecule has 1 amide bonds. The highest BCUT2D eigenvalue weighted by atomic mass is 16.4. The predicted octanol–water partition coefficient (Wildman–Crippen LogP) is 2.72. The van der Waals surface area contributed by atoms with E-state index in [0.717, 1.165) is 25.7 Å². The van der Waals surface area contributed by atoms with Gasteiger partial charge in [0.15, 0.2) is 0 Å². The third kappa shape index (κ3) is 2.70. The Balaban J connectivity index is 1.51. The molecule has 0 aromatic rings. The summed E-state index contributed by atoms with van der Waals surface area (Å²) in [5, 5.41) is 12.3. The van der Waals surface area contributed by atoms with Gasteiger partial charge in [0.2, 0.25) is 5.91 Å². The minimum atomic E-state index is -0.738. The van der Waals surface area contributed by atoms with Crippen LogP contribution in [0.25, 0.3) is 0 Å². The monoisotopic (exact) mass is 279 g/mol. The number of hydrogen-bond donors (Lipinski definition) is 2. The molecule has 1 spiro atoms. The molecule has 3 fully saturated rings. The summed E-state index contributed by atoms with van der Waals surface area (Å²) >= 11 is 0. The Morgan fingerprint density at radius 3 is 2.40 bits per heavy atom. The maximum atomic E-state index is 12.3. The number of carboxylic acid groups (broad SMARTS) is 1. The van der Waals surface area contributed by atoms with Crippen LogP contribution in [-0.4, -0.2) is 23.0 Å². The molecule has 0 radical (unpaired) electrons. The van der Waals surface area contributed by atoms with Crippen LogP contribution >= 0.6 is 0 Å². The zero-order valence-electron chi connectivity index (χ0n) is 12.1. The maximum Gasteiger partial charge on any atom is 0.306 e. The molecule has 3 atom stereocenters. The first-order chi connectivity index (χ1) is 9.61. The predicted molar refractivity (Wildman–Crippen MR) is 75.1 cm³/mol. The largest absolute Gasteiger partial charge is 0.481 e. The number of hydrogen-bond acceptors (Lipinski definition) is 2. The van der Waals surface area contributed by atoms with Crippen LogP contribution in [0.3, 0.4) is 0 Å². The fourth-order valence-electron chi connectivity index (χ4n) is 4.30. The minimum absolute atomic E-state index is 0.0777. The van der Waals surface area contributed by atoms with Crippen LogP contribution in [0.2, 0.25) is 0 Å². The summed E-state index contributed by atoms with van der Waals surface area (Å²) in [7, 11) is 0. The van der Waals surface area contributed by atoms with Crippen molar-refractivity contribution < 1.29 is 14.7 Å². The van der Waals surface area contributed by atoms with E-state index in [1.54, 1.807) is 0 Å². The van der Waals surface area contributed by atoms with E-state index >= 15 is 0 Å². The second-order valence-corrected chi connectivity index (χ2v) is 7.09. The Bertz CT molecular complexity index is 401. The molecule has 2 N–H and O–H groups in total. The normalized spacial score (nSPS) is 35.5. The van der Waals surface area contributed by atoms with Crippen molar-refractivity contribution in [1.82, 2.24) is 5.32 Å². The SMILES string of the molecule is O=C(O)C1CCCC(C(=O)NC2CC23CCCCC3)C1. The van der Waals surface area contributed by atoms with Gasteiger partial charge in [-0.25, -0.2) is 0 Å². The molecule has 0 heterocycles. The molecular formula is C16H25NO3. The number of aliphatic carboxylic acids is 1. The lowest BCUT2D eigenvalue weighted by Crippen LogP contribution is -2.38. The summed E-state index contributed by atoms with van der Waals surface area (Å²) in [6, 6.07) is 0.375. The number of rotatable bonds is 3. The topological polar surface area (TPSA) is 66.4 Å². The third-order valence-electron chi connectivity index (χ3n) is 5.75. The molecular weight excluding hydrogens is 254 g/mol. The van der Waals surface area contributed by atoms with E-state index in [1.165, 1.54) is 32.1 Å². The summed E-state index contributed by atoms with van der Waals surface area (Å²) in [4.78, 5) is 23.4. The summed E-state index contributed by atoms with van der Waals surface area (Å²) in [5.74, 6) is -1.02. The lowest BCUT2D eigenvalue weighted by atomic mass is 9.81. The Labute approximate surface area is 120 Å². The van der Waals surface area contributed by atoms with Gasteiger partial charge in [-0.05, 0) is 43.9 Å². The van der Waals surface area contributed by atoms with Crippen LogP contribution in [0.5, 0.6) is 0 Å². The zero-order chi connectivity index (χ0) is 14.2. The van der Waals surface area contributed by atoms with Gasteiger partial charge in [-0.15, -0.1) is 0 Å². The summed E-state index contributed by atoms with van der Waals surface area (Å²) in [5.41, 5.74) is 0.411. The molecule has 0 bridgehead atoms. The Hall–Kier alpha value is -1.06. The second kappa shape index (κ2) is 5.38. The van der Waals surface area contributed by atoms with E-state index in [2.05, 4.69) is 5.32 Å². The van der Waals surface area contributed by atoms with Crippen LogP contribution in [0.15, 0.2) is 0 Å². The number of amides is 1. The molecule has 112 valence electrons. The average molecular weight is 279 g/mol. The van der Waals surface area contributed by atoms with Gasteiger partial charge in [-0.3, -0.25) is 9.59 Å². The molecule has 3 rings (SSSR count). The van der Waals surface area contributed by atoms with E-state index < -0.39 is 5.97 Å². The molecule has 4 nitrogen and oxygen atoms in total. The van der Waals surface area contributed by atoms with Crippen LogP contribution in [-0.2, 0) is 9.59 Å². The van der Waals surface area contributed by atoms with Gasteiger partial charge >= 0.3 is 5.97 Å². The van der Waals surface area contributed by atoms with Gasteiger partial charge in [0.1, 0.15) is 0 Å². The van der Waals surface area contributed by atoms with Crippen molar-refractivity contribution in [2.24, 2.45) is 17.3 Å². The first-order valence-corrected chi connectivity index (χ1v) is 8.14. The number of carboxylic acids is 1. The van der Waals surface area contributed by atoms with Crippen LogP contribution in [0, 0.1) is 17.3 Å². The van der Waals surface area contributed by atoms with E-state index in [0.29, 0.717) is 17.9 Å². The summed E-state index contributed by atoms with van der Waals surface area (Å²) < 4.78 is 0. The molecule has 3 aliphatic rings. The van der Waals surface area contributed by atoms with Crippen molar-refractivity contribution in [3.8, 4) is 0 Å². The van der Waals surface area contributed by atoms with Gasteiger partial charge in [0, 0.05) is 12.0 Å². The van der Waals surface area contributed by atoms with Crippen molar-refractivity contribution in [2.75, 3.05) is 0 Å². The van der Waals surface area contributed by atoms with Gasteiger partial charge in [-0.2, -0.15) is 0 Å². The van der Waals surface area contributed by atoms with E-state index in [1.807, 2.05) is 0 Å². The van der Waals surface area contributed by atoms with Crippen molar-refractivity contribution in [2.45, 2.75) is 70.3 Å². The molecule has 0 saturated heterocycles. The summed E-state index contributed by atoms with van der Waals surface area (Å²) in [6.45, 7) is 0. The summed E-state index contributed by atoms with van der Waals surface area (Å²) in [6.07, 6.45) is 10.6. The Kier molecular flexibility index (Phi) is 3.74. The van der Waals surface area contributed by atoms with Crippen molar-refractivity contribution in [3.05, 3.63) is 0 Å². The van der Waals surface area contributed by atoms with E-state index in [4.69, 9.17) is 5.11 Å². The van der Waals surface area contributed by atoms with Gasteiger partial charge < -0.3 is 10.4 Å². The van der Waals surface area contributed by atoms with Crippen LogP contribution in [0.4, 0.5) is 0 Å². The van der Waals surface area contributed by atoms with Crippen molar-refractivity contribution in [3.63, 3.8) is 0 Å². The molecule has 0 aromatic heterocycles. The fraction of sp³-hybridized carbons (Fsp3) is 0.875. The molecule has 3 aliphatic carbocycles. The lowest BCUT2D eigenvalue weighted by molar-refractivity contribution is -0.144. The number of carbonyl (C=O) groups excluding carboxylic acids is 1. The van der Waals surface area contributed by atoms with Crippen molar-refractivity contribution >= 4 is 11.9 Å². The highest BCUT2D eigenvalue weighted by molar-refractivity contribution is 5.80. The molecule has 3 unspecified atom stereocenters. The smallest absolute Gasteiger partial charge is 0.306 e. The first-order valence-electron chi connectivity index (χ1n) is 8.14. The van der Waals surface area contributed by atoms with E-state index in [9.17, 15) is 9.59 Å². The maximum absolute atomic E-state index is 12.3. The zero-order valence-corrected chi connectivity index (χ0v) is 12.1. The average Bonchev–Trinajstić information content (AvgIpc) is 3.11. The molecule has 0 aliphatic heterocycles.